The van der Waals surface area contributed by atoms with Gasteiger partial charge < -0.3 is 15.2 Å². The Labute approximate surface area is 159 Å². The zero-order chi connectivity index (χ0) is 19.8. The lowest BCUT2D eigenvalue weighted by Crippen LogP contribution is -2.24. The van der Waals surface area contributed by atoms with E-state index in [1.54, 1.807) is 18.2 Å². The highest BCUT2D eigenvalue weighted by molar-refractivity contribution is 5.90. The molecule has 0 aliphatic heterocycles. The SMILES string of the molecule is C=CCc1cc(/C=N/NC(=O)Nc2cc(C)cc(C)c2)cc(OCC)c1O. The molecule has 0 heterocycles. The highest BCUT2D eigenvalue weighted by atomic mass is 16.5. The summed E-state index contributed by atoms with van der Waals surface area (Å²) in [6, 6.07) is 8.79. The Morgan fingerprint density at radius 3 is 2.56 bits per heavy atom. The van der Waals surface area contributed by atoms with E-state index in [0.717, 1.165) is 11.1 Å². The van der Waals surface area contributed by atoms with Gasteiger partial charge in [-0.25, -0.2) is 10.2 Å². The molecule has 0 spiro atoms. The number of carbonyl (C=O) groups is 1. The number of rotatable bonds is 7. The van der Waals surface area contributed by atoms with Crippen molar-refractivity contribution >= 4 is 17.9 Å². The molecule has 0 fully saturated rings. The van der Waals surface area contributed by atoms with Crippen molar-refractivity contribution in [1.82, 2.24) is 5.43 Å². The average Bonchev–Trinajstić information content (AvgIpc) is 2.58. The van der Waals surface area contributed by atoms with Gasteiger partial charge in [-0.1, -0.05) is 12.1 Å². The average molecular weight is 367 g/mol. The minimum atomic E-state index is -0.439. The van der Waals surface area contributed by atoms with E-state index in [-0.39, 0.29) is 5.75 Å². The van der Waals surface area contributed by atoms with Gasteiger partial charge in [-0.05, 0) is 68.1 Å². The summed E-state index contributed by atoms with van der Waals surface area (Å²) in [7, 11) is 0. The van der Waals surface area contributed by atoms with Crippen molar-refractivity contribution in [3.05, 3.63) is 65.2 Å². The molecule has 0 aromatic heterocycles. The number of aromatic hydroxyl groups is 1. The fourth-order valence-corrected chi connectivity index (χ4v) is 2.71. The summed E-state index contributed by atoms with van der Waals surface area (Å²) in [5.41, 5.74) is 6.64. The normalized spacial score (nSPS) is 10.6. The molecule has 2 rings (SSSR count). The van der Waals surface area contributed by atoms with Crippen molar-refractivity contribution in [2.45, 2.75) is 27.2 Å². The second kappa shape index (κ2) is 9.43. The number of amides is 2. The van der Waals surface area contributed by atoms with Crippen molar-refractivity contribution < 1.29 is 14.6 Å². The molecular weight excluding hydrogens is 342 g/mol. The van der Waals surface area contributed by atoms with Crippen LogP contribution in [-0.4, -0.2) is 24.0 Å². The lowest BCUT2D eigenvalue weighted by molar-refractivity contribution is 0.252. The molecule has 0 aliphatic rings. The van der Waals surface area contributed by atoms with Crippen LogP contribution in [0.4, 0.5) is 10.5 Å². The van der Waals surface area contributed by atoms with E-state index in [9.17, 15) is 9.90 Å². The van der Waals surface area contributed by atoms with Crippen LogP contribution in [-0.2, 0) is 6.42 Å². The van der Waals surface area contributed by atoms with Crippen LogP contribution in [0.25, 0.3) is 0 Å². The quantitative estimate of drug-likeness (QED) is 0.388. The first-order chi connectivity index (χ1) is 12.9. The van der Waals surface area contributed by atoms with Gasteiger partial charge in [0.25, 0.3) is 0 Å². The number of carbonyl (C=O) groups excluding carboxylic acids is 1. The summed E-state index contributed by atoms with van der Waals surface area (Å²) in [6.07, 6.45) is 3.69. The molecule has 3 N–H and O–H groups in total. The van der Waals surface area contributed by atoms with E-state index in [1.165, 1.54) is 6.21 Å². The lowest BCUT2D eigenvalue weighted by Gasteiger charge is -2.11. The summed E-state index contributed by atoms with van der Waals surface area (Å²) in [5.74, 6) is 0.465. The first-order valence-electron chi connectivity index (χ1n) is 8.70. The van der Waals surface area contributed by atoms with Gasteiger partial charge in [-0.3, -0.25) is 0 Å². The topological polar surface area (TPSA) is 83.0 Å². The molecule has 0 bridgehead atoms. The summed E-state index contributed by atoms with van der Waals surface area (Å²) < 4.78 is 5.45. The van der Waals surface area contributed by atoms with Crippen molar-refractivity contribution in [3.8, 4) is 11.5 Å². The standard InChI is InChI=1S/C21H25N3O3/c1-5-7-17-11-16(12-19(20(17)25)27-6-2)13-22-24-21(26)23-18-9-14(3)8-15(4)10-18/h5,8-13,25H,1,6-7H2,2-4H3,(H2,23,24,26)/b22-13+. The number of phenols is 1. The number of hydrazone groups is 1. The zero-order valence-electron chi connectivity index (χ0n) is 15.9. The maximum Gasteiger partial charge on any atom is 0.339 e. The van der Waals surface area contributed by atoms with Crippen molar-refractivity contribution in [2.75, 3.05) is 11.9 Å². The van der Waals surface area contributed by atoms with Gasteiger partial charge in [0.15, 0.2) is 11.5 Å². The van der Waals surface area contributed by atoms with Crippen LogP contribution in [0, 0.1) is 13.8 Å². The van der Waals surface area contributed by atoms with Crippen LogP contribution in [0.5, 0.6) is 11.5 Å². The van der Waals surface area contributed by atoms with Crippen LogP contribution in [0.1, 0.15) is 29.2 Å². The summed E-state index contributed by atoms with van der Waals surface area (Å²) >= 11 is 0. The third-order valence-electron chi connectivity index (χ3n) is 3.70. The fourth-order valence-electron chi connectivity index (χ4n) is 2.71. The Hall–Kier alpha value is -3.28. The lowest BCUT2D eigenvalue weighted by atomic mass is 10.1. The highest BCUT2D eigenvalue weighted by Gasteiger charge is 2.09. The minimum absolute atomic E-state index is 0.0921. The molecule has 0 aliphatic carbocycles. The number of hydrogen-bond donors (Lipinski definition) is 3. The molecule has 2 aromatic rings. The van der Waals surface area contributed by atoms with Crippen LogP contribution in [0.15, 0.2) is 48.1 Å². The van der Waals surface area contributed by atoms with Crippen molar-refractivity contribution in [1.29, 1.82) is 0 Å². The molecule has 27 heavy (non-hydrogen) atoms. The number of anilines is 1. The van der Waals surface area contributed by atoms with Gasteiger partial charge in [0.1, 0.15) is 0 Å². The molecule has 0 saturated heterocycles. The van der Waals surface area contributed by atoms with E-state index in [2.05, 4.69) is 22.4 Å². The van der Waals surface area contributed by atoms with Gasteiger partial charge in [0.2, 0.25) is 0 Å². The van der Waals surface area contributed by atoms with E-state index in [1.807, 2.05) is 39.0 Å². The van der Waals surface area contributed by atoms with Crippen LogP contribution < -0.4 is 15.5 Å². The Morgan fingerprint density at radius 2 is 1.93 bits per heavy atom. The van der Waals surface area contributed by atoms with E-state index in [0.29, 0.717) is 35.6 Å². The number of ether oxygens (including phenoxy) is 1. The number of urea groups is 1. The summed E-state index contributed by atoms with van der Waals surface area (Å²) in [5, 5.41) is 16.9. The van der Waals surface area contributed by atoms with Gasteiger partial charge >= 0.3 is 6.03 Å². The second-order valence-electron chi connectivity index (χ2n) is 6.15. The number of allylic oxidation sites excluding steroid dienone is 1. The van der Waals surface area contributed by atoms with Gasteiger partial charge in [-0.15, -0.1) is 6.58 Å². The van der Waals surface area contributed by atoms with Gasteiger partial charge in [0.05, 0.1) is 12.8 Å². The van der Waals surface area contributed by atoms with Gasteiger partial charge in [0, 0.05) is 11.3 Å². The predicted molar refractivity (Wildman–Crippen MR) is 109 cm³/mol. The summed E-state index contributed by atoms with van der Waals surface area (Å²) in [4.78, 5) is 12.0. The fraction of sp³-hybridized carbons (Fsp3) is 0.238. The Morgan fingerprint density at radius 1 is 1.22 bits per heavy atom. The first-order valence-corrected chi connectivity index (χ1v) is 8.70. The molecule has 6 nitrogen and oxygen atoms in total. The Balaban J connectivity index is 2.08. The number of aryl methyl sites for hydroxylation is 2. The molecular formula is C21H25N3O3. The largest absolute Gasteiger partial charge is 0.504 e. The predicted octanol–water partition coefficient (Wildman–Crippen LogP) is 4.29. The number of hydrogen-bond acceptors (Lipinski definition) is 4. The first kappa shape index (κ1) is 20.0. The molecule has 0 unspecified atom stereocenters. The third kappa shape index (κ3) is 5.88. The molecule has 0 atom stereocenters. The van der Waals surface area contributed by atoms with E-state index in [4.69, 9.17) is 4.74 Å². The summed E-state index contributed by atoms with van der Waals surface area (Å²) in [6.45, 7) is 9.89. The zero-order valence-corrected chi connectivity index (χ0v) is 15.9. The molecule has 0 radical (unpaired) electrons. The third-order valence-corrected chi connectivity index (χ3v) is 3.70. The van der Waals surface area contributed by atoms with E-state index < -0.39 is 6.03 Å². The minimum Gasteiger partial charge on any atom is -0.504 e. The Bertz CT molecular complexity index is 840. The molecule has 0 saturated carbocycles. The maximum atomic E-state index is 12.0. The molecule has 6 heteroatoms. The second-order valence-corrected chi connectivity index (χ2v) is 6.15. The smallest absolute Gasteiger partial charge is 0.339 e. The van der Waals surface area contributed by atoms with Crippen LogP contribution >= 0.6 is 0 Å². The van der Waals surface area contributed by atoms with Crippen molar-refractivity contribution in [3.63, 3.8) is 0 Å². The number of benzene rings is 2. The Kier molecular flexibility index (Phi) is 7.00. The van der Waals surface area contributed by atoms with E-state index >= 15 is 0 Å². The van der Waals surface area contributed by atoms with Crippen LogP contribution in [0.3, 0.4) is 0 Å². The number of nitrogens with one attached hydrogen (secondary N) is 2. The number of nitrogens with zero attached hydrogens (tertiary/aromatic N) is 1. The monoisotopic (exact) mass is 367 g/mol. The van der Waals surface area contributed by atoms with Gasteiger partial charge in [-0.2, -0.15) is 5.10 Å². The molecule has 2 amide bonds. The highest BCUT2D eigenvalue weighted by Crippen LogP contribution is 2.31. The maximum absolute atomic E-state index is 12.0. The molecule has 142 valence electrons. The molecule has 2 aromatic carbocycles. The number of phenolic OH excluding ortho intramolecular Hbond substituents is 1. The van der Waals surface area contributed by atoms with Crippen LogP contribution in [0.2, 0.25) is 0 Å². The van der Waals surface area contributed by atoms with Crippen molar-refractivity contribution in [2.24, 2.45) is 5.10 Å².